The van der Waals surface area contributed by atoms with Gasteiger partial charge in [0.15, 0.2) is 0 Å². The molecule has 2 atom stereocenters. The molecule has 2 fully saturated rings. The Morgan fingerprint density at radius 1 is 1.20 bits per heavy atom. The van der Waals surface area contributed by atoms with Crippen LogP contribution in [0.2, 0.25) is 0 Å². The summed E-state index contributed by atoms with van der Waals surface area (Å²) in [4.78, 5) is 2.45. The van der Waals surface area contributed by atoms with Crippen LogP contribution < -0.4 is 10.2 Å². The fourth-order valence-electron chi connectivity index (χ4n) is 3.59. The minimum Gasteiger partial charge on any atom is -0.380 e. The maximum absolute atomic E-state index is 5.47. The van der Waals surface area contributed by atoms with Gasteiger partial charge in [0.1, 0.15) is 0 Å². The Kier molecular flexibility index (Phi) is 4.46. The third-order valence-electron chi connectivity index (χ3n) is 4.78. The summed E-state index contributed by atoms with van der Waals surface area (Å²) in [6.07, 6.45) is 5.36. The Morgan fingerprint density at radius 2 is 2.00 bits per heavy atom. The monoisotopic (exact) mass is 274 g/mol. The van der Waals surface area contributed by atoms with E-state index in [2.05, 4.69) is 41.4 Å². The minimum atomic E-state index is 0.655. The molecule has 1 heterocycles. The molecule has 3 heteroatoms. The predicted molar refractivity (Wildman–Crippen MR) is 84.5 cm³/mol. The Morgan fingerprint density at radius 3 is 2.80 bits per heavy atom. The lowest BCUT2D eigenvalue weighted by Gasteiger charge is -2.32. The van der Waals surface area contributed by atoms with E-state index in [1.807, 2.05) is 0 Å². The molecule has 3 nitrogen and oxygen atoms in total. The highest BCUT2D eigenvalue weighted by atomic mass is 16.5. The maximum Gasteiger partial charge on any atom is 0.0642 e. The molecule has 1 saturated carbocycles. The number of nitrogens with zero attached hydrogens (tertiary/aromatic N) is 1. The van der Waals surface area contributed by atoms with E-state index in [1.54, 1.807) is 0 Å². The number of benzene rings is 1. The Bertz CT molecular complexity index is 429. The molecule has 0 radical (unpaired) electrons. The van der Waals surface area contributed by atoms with Crippen LogP contribution in [0.4, 0.5) is 11.4 Å². The van der Waals surface area contributed by atoms with Gasteiger partial charge >= 0.3 is 0 Å². The van der Waals surface area contributed by atoms with Crippen molar-refractivity contribution in [2.75, 3.05) is 36.5 Å². The number of hydrogen-bond donors (Lipinski definition) is 1. The molecule has 0 spiro atoms. The standard InChI is InChI=1S/C17H26N2O/c1-2-14-6-5-8-15(14)18-16-7-3-4-9-17(16)19-10-12-20-13-11-19/h3-4,7,9,14-15,18H,2,5-6,8,10-13H2,1H3. The number of rotatable bonds is 4. The third kappa shape index (κ3) is 2.93. The van der Waals surface area contributed by atoms with E-state index in [0.29, 0.717) is 6.04 Å². The van der Waals surface area contributed by atoms with Gasteiger partial charge in [0, 0.05) is 19.1 Å². The molecule has 0 aromatic heterocycles. The summed E-state index contributed by atoms with van der Waals surface area (Å²) in [5, 5.41) is 3.83. The molecule has 0 bridgehead atoms. The lowest BCUT2D eigenvalue weighted by atomic mass is 10.0. The van der Waals surface area contributed by atoms with Gasteiger partial charge in [-0.2, -0.15) is 0 Å². The van der Waals surface area contributed by atoms with Gasteiger partial charge in [-0.05, 0) is 30.9 Å². The van der Waals surface area contributed by atoms with Gasteiger partial charge in [-0.1, -0.05) is 31.9 Å². The maximum atomic E-state index is 5.47. The Labute approximate surface area is 122 Å². The van der Waals surface area contributed by atoms with Crippen molar-refractivity contribution in [1.82, 2.24) is 0 Å². The van der Waals surface area contributed by atoms with Crippen LogP contribution in [-0.2, 0) is 4.74 Å². The first-order valence-electron chi connectivity index (χ1n) is 8.06. The summed E-state index contributed by atoms with van der Waals surface area (Å²) in [5.41, 5.74) is 2.65. The highest BCUT2D eigenvalue weighted by Gasteiger charge is 2.26. The number of para-hydroxylation sites is 2. The second-order valence-electron chi connectivity index (χ2n) is 5.97. The molecule has 20 heavy (non-hydrogen) atoms. The molecule has 1 N–H and O–H groups in total. The fraction of sp³-hybridized carbons (Fsp3) is 0.647. The number of morpholine rings is 1. The first-order valence-corrected chi connectivity index (χ1v) is 8.06. The molecule has 3 rings (SSSR count). The van der Waals surface area contributed by atoms with Gasteiger partial charge in [0.05, 0.1) is 24.6 Å². The first kappa shape index (κ1) is 13.7. The largest absolute Gasteiger partial charge is 0.380 e. The summed E-state index contributed by atoms with van der Waals surface area (Å²) in [6, 6.07) is 9.41. The second kappa shape index (κ2) is 6.49. The molecule has 0 amide bonds. The van der Waals surface area contributed by atoms with Crippen molar-refractivity contribution >= 4 is 11.4 Å². The lowest BCUT2D eigenvalue weighted by molar-refractivity contribution is 0.123. The molecular formula is C17H26N2O. The first-order chi connectivity index (χ1) is 9.88. The normalized spacial score (nSPS) is 26.8. The van der Waals surface area contributed by atoms with Crippen molar-refractivity contribution in [2.45, 2.75) is 38.6 Å². The van der Waals surface area contributed by atoms with E-state index < -0.39 is 0 Å². The van der Waals surface area contributed by atoms with Crippen molar-refractivity contribution in [3.63, 3.8) is 0 Å². The molecular weight excluding hydrogens is 248 g/mol. The number of ether oxygens (including phenoxy) is 1. The van der Waals surface area contributed by atoms with Crippen LogP contribution in [0.15, 0.2) is 24.3 Å². The summed E-state index contributed by atoms with van der Waals surface area (Å²) in [6.45, 7) is 6.00. The van der Waals surface area contributed by atoms with Crippen molar-refractivity contribution in [2.24, 2.45) is 5.92 Å². The smallest absolute Gasteiger partial charge is 0.0642 e. The van der Waals surface area contributed by atoms with Crippen LogP contribution in [0.3, 0.4) is 0 Å². The highest BCUT2D eigenvalue weighted by molar-refractivity contribution is 5.70. The van der Waals surface area contributed by atoms with Crippen molar-refractivity contribution < 1.29 is 4.74 Å². The van der Waals surface area contributed by atoms with Crippen LogP contribution in [-0.4, -0.2) is 32.3 Å². The van der Waals surface area contributed by atoms with Gasteiger partial charge in [0.2, 0.25) is 0 Å². The van der Waals surface area contributed by atoms with E-state index in [9.17, 15) is 0 Å². The molecule has 1 aromatic carbocycles. The summed E-state index contributed by atoms with van der Waals surface area (Å²) in [5.74, 6) is 0.841. The van der Waals surface area contributed by atoms with E-state index >= 15 is 0 Å². The minimum absolute atomic E-state index is 0.655. The third-order valence-corrected chi connectivity index (χ3v) is 4.78. The van der Waals surface area contributed by atoms with E-state index in [-0.39, 0.29) is 0 Å². The summed E-state index contributed by atoms with van der Waals surface area (Å²) < 4.78 is 5.47. The quantitative estimate of drug-likeness (QED) is 0.909. The van der Waals surface area contributed by atoms with Crippen LogP contribution in [0.25, 0.3) is 0 Å². The molecule has 1 aliphatic carbocycles. The summed E-state index contributed by atoms with van der Waals surface area (Å²) in [7, 11) is 0. The zero-order chi connectivity index (χ0) is 13.8. The number of nitrogens with one attached hydrogen (secondary N) is 1. The van der Waals surface area contributed by atoms with Crippen molar-refractivity contribution in [3.05, 3.63) is 24.3 Å². The van der Waals surface area contributed by atoms with Crippen LogP contribution in [0.1, 0.15) is 32.6 Å². The predicted octanol–water partition coefficient (Wildman–Crippen LogP) is 3.51. The van der Waals surface area contributed by atoms with Gasteiger partial charge in [-0.25, -0.2) is 0 Å². The number of anilines is 2. The van der Waals surface area contributed by atoms with Crippen LogP contribution >= 0.6 is 0 Å². The summed E-state index contributed by atoms with van der Waals surface area (Å²) >= 11 is 0. The SMILES string of the molecule is CCC1CCCC1Nc1ccccc1N1CCOCC1. The van der Waals surface area contributed by atoms with E-state index in [4.69, 9.17) is 4.74 Å². The topological polar surface area (TPSA) is 24.5 Å². The average Bonchev–Trinajstić information content (AvgIpc) is 2.96. The average molecular weight is 274 g/mol. The van der Waals surface area contributed by atoms with Crippen molar-refractivity contribution in [1.29, 1.82) is 0 Å². The fourth-order valence-corrected chi connectivity index (χ4v) is 3.59. The molecule has 2 aliphatic rings. The van der Waals surface area contributed by atoms with Gasteiger partial charge in [0.25, 0.3) is 0 Å². The molecule has 1 aromatic rings. The highest BCUT2D eigenvalue weighted by Crippen LogP contribution is 2.34. The van der Waals surface area contributed by atoms with Gasteiger partial charge in [-0.3, -0.25) is 0 Å². The molecule has 1 saturated heterocycles. The van der Waals surface area contributed by atoms with E-state index in [1.165, 1.54) is 37.1 Å². The van der Waals surface area contributed by atoms with Crippen LogP contribution in [0.5, 0.6) is 0 Å². The zero-order valence-electron chi connectivity index (χ0n) is 12.5. The Balaban J connectivity index is 1.75. The van der Waals surface area contributed by atoms with Crippen molar-refractivity contribution in [3.8, 4) is 0 Å². The van der Waals surface area contributed by atoms with Crippen LogP contribution in [0, 0.1) is 5.92 Å². The molecule has 1 aliphatic heterocycles. The Hall–Kier alpha value is -1.22. The lowest BCUT2D eigenvalue weighted by Crippen LogP contribution is -2.37. The number of hydrogen-bond acceptors (Lipinski definition) is 3. The van der Waals surface area contributed by atoms with E-state index in [0.717, 1.165) is 32.2 Å². The molecule has 110 valence electrons. The van der Waals surface area contributed by atoms with Gasteiger partial charge < -0.3 is 15.0 Å². The zero-order valence-corrected chi connectivity index (χ0v) is 12.5. The van der Waals surface area contributed by atoms with Gasteiger partial charge in [-0.15, -0.1) is 0 Å². The second-order valence-corrected chi connectivity index (χ2v) is 5.97. The molecule has 2 unspecified atom stereocenters.